The highest BCUT2D eigenvalue weighted by Gasteiger charge is 2.20. The van der Waals surface area contributed by atoms with Crippen molar-refractivity contribution < 1.29 is 4.79 Å². The topological polar surface area (TPSA) is 59.0 Å². The van der Waals surface area contributed by atoms with Crippen molar-refractivity contribution >= 4 is 27.5 Å². The van der Waals surface area contributed by atoms with Crippen LogP contribution < -0.4 is 10.6 Å². The van der Waals surface area contributed by atoms with Gasteiger partial charge in [-0.2, -0.15) is 0 Å². The van der Waals surface area contributed by atoms with Gasteiger partial charge in [-0.25, -0.2) is 4.98 Å². The van der Waals surface area contributed by atoms with E-state index in [0.29, 0.717) is 6.04 Å². The molecule has 0 unspecified atom stereocenters. The second-order valence-corrected chi connectivity index (χ2v) is 6.16. The number of imidazole rings is 1. The minimum Gasteiger partial charge on any atom is -0.328 e. The van der Waals surface area contributed by atoms with Crippen LogP contribution in [0.4, 0.5) is 5.69 Å². The fourth-order valence-corrected chi connectivity index (χ4v) is 2.28. The van der Waals surface area contributed by atoms with E-state index in [-0.39, 0.29) is 12.5 Å². The molecule has 1 heterocycles. The van der Waals surface area contributed by atoms with Crippen molar-refractivity contribution in [2.24, 2.45) is 0 Å². The number of anilines is 1. The van der Waals surface area contributed by atoms with Gasteiger partial charge in [0.1, 0.15) is 6.54 Å². The molecule has 1 amide bonds. The van der Waals surface area contributed by atoms with Crippen LogP contribution in [0.5, 0.6) is 0 Å². The molecule has 0 bridgehead atoms. The molecule has 5 nitrogen and oxygen atoms in total. The van der Waals surface area contributed by atoms with E-state index in [1.54, 1.807) is 10.9 Å². The summed E-state index contributed by atoms with van der Waals surface area (Å²) in [6, 6.07) is 8.18. The van der Waals surface area contributed by atoms with E-state index >= 15 is 0 Å². The van der Waals surface area contributed by atoms with Crippen molar-refractivity contribution in [1.29, 1.82) is 0 Å². The van der Waals surface area contributed by atoms with Gasteiger partial charge in [0, 0.05) is 28.9 Å². The number of nitrogens with zero attached hydrogens (tertiary/aromatic N) is 2. The summed E-state index contributed by atoms with van der Waals surface area (Å²) in [4.78, 5) is 16.3. The number of amides is 1. The predicted molar refractivity (Wildman–Crippen MR) is 84.9 cm³/mol. The fraction of sp³-hybridized carbons (Fsp3) is 0.333. The second kappa shape index (κ2) is 6.41. The van der Waals surface area contributed by atoms with Crippen LogP contribution in [-0.4, -0.2) is 21.5 Å². The molecule has 1 saturated carbocycles. The SMILES string of the molecule is O=C(Cn1cnc(CNC2CC2)c1)Nc1ccc(Br)cc1. The lowest BCUT2D eigenvalue weighted by molar-refractivity contribution is -0.116. The summed E-state index contributed by atoms with van der Waals surface area (Å²) in [5.41, 5.74) is 1.76. The Morgan fingerprint density at radius 1 is 1.33 bits per heavy atom. The summed E-state index contributed by atoms with van der Waals surface area (Å²) in [7, 11) is 0. The first-order chi connectivity index (χ1) is 10.2. The quantitative estimate of drug-likeness (QED) is 0.843. The van der Waals surface area contributed by atoms with Crippen LogP contribution in [0.3, 0.4) is 0 Å². The first-order valence-electron chi connectivity index (χ1n) is 6.98. The lowest BCUT2D eigenvalue weighted by Gasteiger charge is -2.05. The molecule has 0 aliphatic heterocycles. The Morgan fingerprint density at radius 3 is 2.81 bits per heavy atom. The zero-order valence-corrected chi connectivity index (χ0v) is 13.1. The molecule has 1 aliphatic carbocycles. The zero-order valence-electron chi connectivity index (χ0n) is 11.6. The summed E-state index contributed by atoms with van der Waals surface area (Å²) in [5, 5.41) is 6.27. The molecule has 3 rings (SSSR count). The van der Waals surface area contributed by atoms with Crippen molar-refractivity contribution in [3.8, 4) is 0 Å². The van der Waals surface area contributed by atoms with E-state index in [9.17, 15) is 4.79 Å². The van der Waals surface area contributed by atoms with Gasteiger partial charge in [-0.05, 0) is 37.1 Å². The molecule has 0 atom stereocenters. The third-order valence-corrected chi connectivity index (χ3v) is 3.82. The van der Waals surface area contributed by atoms with Crippen molar-refractivity contribution in [3.63, 3.8) is 0 Å². The number of carbonyl (C=O) groups excluding carboxylic acids is 1. The maximum Gasteiger partial charge on any atom is 0.244 e. The van der Waals surface area contributed by atoms with Crippen molar-refractivity contribution in [1.82, 2.24) is 14.9 Å². The number of hydrogen-bond donors (Lipinski definition) is 2. The molecule has 1 aromatic heterocycles. The largest absolute Gasteiger partial charge is 0.328 e. The van der Waals surface area contributed by atoms with E-state index in [0.717, 1.165) is 22.4 Å². The Hall–Kier alpha value is -1.66. The average Bonchev–Trinajstić information content (AvgIpc) is 3.19. The number of nitrogens with one attached hydrogen (secondary N) is 2. The molecule has 1 aromatic carbocycles. The normalized spacial score (nSPS) is 14.1. The summed E-state index contributed by atoms with van der Waals surface area (Å²) in [6.45, 7) is 1.04. The maximum absolute atomic E-state index is 12.0. The van der Waals surface area contributed by atoms with Gasteiger partial charge in [-0.3, -0.25) is 4.79 Å². The third kappa shape index (κ3) is 4.41. The first-order valence-corrected chi connectivity index (χ1v) is 7.78. The Kier molecular flexibility index (Phi) is 4.36. The van der Waals surface area contributed by atoms with Crippen molar-refractivity contribution in [2.45, 2.75) is 32.0 Å². The first kappa shape index (κ1) is 14.3. The Bertz CT molecular complexity index is 619. The van der Waals surface area contributed by atoms with Crippen molar-refractivity contribution in [2.75, 3.05) is 5.32 Å². The average molecular weight is 349 g/mol. The zero-order chi connectivity index (χ0) is 14.7. The number of carbonyl (C=O) groups is 1. The van der Waals surface area contributed by atoms with Gasteiger partial charge in [0.05, 0.1) is 12.0 Å². The van der Waals surface area contributed by atoms with Crippen LogP contribution in [0, 0.1) is 0 Å². The number of halogens is 1. The molecule has 1 fully saturated rings. The standard InChI is InChI=1S/C15H17BrN4O/c16-11-1-3-13(4-2-11)19-15(21)9-20-8-14(18-10-20)7-17-12-5-6-12/h1-4,8,10,12,17H,5-7,9H2,(H,19,21). The molecule has 110 valence electrons. The Morgan fingerprint density at radius 2 is 2.10 bits per heavy atom. The van der Waals surface area contributed by atoms with E-state index in [4.69, 9.17) is 0 Å². The monoisotopic (exact) mass is 348 g/mol. The van der Waals surface area contributed by atoms with Gasteiger partial charge in [0.15, 0.2) is 0 Å². The molecule has 21 heavy (non-hydrogen) atoms. The van der Waals surface area contributed by atoms with Crippen LogP contribution in [0.15, 0.2) is 41.3 Å². The van der Waals surface area contributed by atoms with Crippen LogP contribution >= 0.6 is 15.9 Å². The van der Waals surface area contributed by atoms with E-state index in [1.807, 2.05) is 30.5 Å². The van der Waals surface area contributed by atoms with E-state index in [2.05, 4.69) is 31.5 Å². The van der Waals surface area contributed by atoms with Gasteiger partial charge in [-0.1, -0.05) is 15.9 Å². The molecular weight excluding hydrogens is 332 g/mol. The van der Waals surface area contributed by atoms with E-state index in [1.165, 1.54) is 12.8 Å². The third-order valence-electron chi connectivity index (χ3n) is 3.29. The number of benzene rings is 1. The molecule has 0 radical (unpaired) electrons. The number of hydrogen-bond acceptors (Lipinski definition) is 3. The van der Waals surface area contributed by atoms with Crippen LogP contribution in [0.1, 0.15) is 18.5 Å². The molecular formula is C15H17BrN4O. The van der Waals surface area contributed by atoms with Gasteiger partial charge in [-0.15, -0.1) is 0 Å². The summed E-state index contributed by atoms with van der Waals surface area (Å²) in [6.07, 6.45) is 6.13. The van der Waals surface area contributed by atoms with Crippen LogP contribution in [0.25, 0.3) is 0 Å². The number of aromatic nitrogens is 2. The summed E-state index contributed by atoms with van der Waals surface area (Å²) in [5.74, 6) is -0.0589. The fourth-order valence-electron chi connectivity index (χ4n) is 2.02. The minimum absolute atomic E-state index is 0.0589. The lowest BCUT2D eigenvalue weighted by atomic mass is 10.3. The predicted octanol–water partition coefficient (Wildman–Crippen LogP) is 2.54. The Balaban J connectivity index is 1.50. The number of rotatable bonds is 6. The van der Waals surface area contributed by atoms with Gasteiger partial charge in [0.2, 0.25) is 5.91 Å². The minimum atomic E-state index is -0.0589. The smallest absolute Gasteiger partial charge is 0.244 e. The highest BCUT2D eigenvalue weighted by molar-refractivity contribution is 9.10. The molecule has 1 aliphatic rings. The van der Waals surface area contributed by atoms with E-state index < -0.39 is 0 Å². The molecule has 0 spiro atoms. The molecule has 6 heteroatoms. The lowest BCUT2D eigenvalue weighted by Crippen LogP contribution is -2.18. The van der Waals surface area contributed by atoms with Crippen molar-refractivity contribution in [3.05, 3.63) is 47.0 Å². The van der Waals surface area contributed by atoms with Gasteiger partial charge < -0.3 is 15.2 Å². The maximum atomic E-state index is 12.0. The summed E-state index contributed by atoms with van der Waals surface area (Å²) >= 11 is 3.37. The second-order valence-electron chi connectivity index (χ2n) is 5.25. The van der Waals surface area contributed by atoms with Crippen LogP contribution in [0.2, 0.25) is 0 Å². The highest BCUT2D eigenvalue weighted by atomic mass is 79.9. The van der Waals surface area contributed by atoms with Gasteiger partial charge >= 0.3 is 0 Å². The summed E-state index contributed by atoms with van der Waals surface area (Å²) < 4.78 is 2.79. The highest BCUT2D eigenvalue weighted by Crippen LogP contribution is 2.19. The molecule has 0 saturated heterocycles. The van der Waals surface area contributed by atoms with Crippen LogP contribution in [-0.2, 0) is 17.9 Å². The molecule has 2 N–H and O–H groups in total. The Labute approximate surface area is 131 Å². The molecule has 2 aromatic rings. The van der Waals surface area contributed by atoms with Gasteiger partial charge in [0.25, 0.3) is 0 Å².